The molecule has 0 aliphatic heterocycles. The highest BCUT2D eigenvalue weighted by Crippen LogP contribution is 2.47. The standard InChI is InChI=1S/C17H24O2/c1-17(18,11-19-2)14-7-8-16-13(10-14)9-12-5-3-4-6-15(12)16/h7-8,10,12,15,18H,3-6,9,11H2,1-2H3/t12-,15-,17+/m1/s1. The van der Waals surface area contributed by atoms with Crippen LogP contribution in [0.4, 0.5) is 0 Å². The first-order chi connectivity index (χ1) is 9.12. The summed E-state index contributed by atoms with van der Waals surface area (Å²) in [6.45, 7) is 2.18. The molecule has 1 aromatic rings. The summed E-state index contributed by atoms with van der Waals surface area (Å²) in [5.74, 6) is 1.64. The smallest absolute Gasteiger partial charge is 0.110 e. The van der Waals surface area contributed by atoms with Gasteiger partial charge in [0, 0.05) is 7.11 Å². The third-order valence-electron chi connectivity index (χ3n) is 4.98. The van der Waals surface area contributed by atoms with E-state index in [2.05, 4.69) is 18.2 Å². The first kappa shape index (κ1) is 13.1. The summed E-state index contributed by atoms with van der Waals surface area (Å²) in [7, 11) is 1.64. The van der Waals surface area contributed by atoms with E-state index in [9.17, 15) is 5.11 Å². The van der Waals surface area contributed by atoms with Gasteiger partial charge >= 0.3 is 0 Å². The second kappa shape index (κ2) is 4.92. The summed E-state index contributed by atoms with van der Waals surface area (Å²) in [6.07, 6.45) is 6.71. The quantitative estimate of drug-likeness (QED) is 0.903. The van der Waals surface area contributed by atoms with Crippen molar-refractivity contribution < 1.29 is 9.84 Å². The third-order valence-corrected chi connectivity index (χ3v) is 4.98. The summed E-state index contributed by atoms with van der Waals surface area (Å²) in [5.41, 5.74) is 3.12. The van der Waals surface area contributed by atoms with Gasteiger partial charge in [-0.2, -0.15) is 0 Å². The van der Waals surface area contributed by atoms with Crippen LogP contribution in [0.1, 0.15) is 55.2 Å². The van der Waals surface area contributed by atoms with Gasteiger partial charge in [-0.3, -0.25) is 0 Å². The average molecular weight is 260 g/mol. The molecular weight excluding hydrogens is 236 g/mol. The zero-order valence-electron chi connectivity index (χ0n) is 12.0. The Bertz CT molecular complexity index is 464. The molecule has 2 nitrogen and oxygen atoms in total. The highest BCUT2D eigenvalue weighted by molar-refractivity contribution is 5.41. The molecule has 3 atom stereocenters. The maximum atomic E-state index is 10.5. The van der Waals surface area contributed by atoms with Crippen molar-refractivity contribution in [1.29, 1.82) is 0 Å². The maximum absolute atomic E-state index is 10.5. The predicted octanol–water partition coefficient (Wildman–Crippen LogP) is 3.37. The van der Waals surface area contributed by atoms with Crippen molar-refractivity contribution in [3.63, 3.8) is 0 Å². The van der Waals surface area contributed by atoms with Crippen LogP contribution in [0.25, 0.3) is 0 Å². The third kappa shape index (κ3) is 2.32. The molecule has 1 fully saturated rings. The second-order valence-corrected chi connectivity index (χ2v) is 6.48. The Labute approximate surface area is 115 Å². The SMILES string of the molecule is COC[C@](C)(O)c1ccc2c(c1)C[C@H]1CCCC[C@@H]21. The van der Waals surface area contributed by atoms with Gasteiger partial charge in [-0.1, -0.05) is 31.0 Å². The fourth-order valence-electron chi connectivity index (χ4n) is 3.99. The van der Waals surface area contributed by atoms with E-state index in [1.54, 1.807) is 12.7 Å². The van der Waals surface area contributed by atoms with Crippen LogP contribution in [0, 0.1) is 5.92 Å². The molecule has 0 aromatic heterocycles. The van der Waals surface area contributed by atoms with Crippen molar-refractivity contribution in [2.75, 3.05) is 13.7 Å². The van der Waals surface area contributed by atoms with E-state index in [0.717, 1.165) is 17.4 Å². The molecule has 1 aromatic carbocycles. The summed E-state index contributed by atoms with van der Waals surface area (Å²) in [5, 5.41) is 10.5. The minimum absolute atomic E-state index is 0.346. The molecule has 0 unspecified atom stereocenters. The molecule has 3 rings (SSSR count). The van der Waals surface area contributed by atoms with Crippen molar-refractivity contribution in [2.24, 2.45) is 5.92 Å². The zero-order chi connectivity index (χ0) is 13.5. The largest absolute Gasteiger partial charge is 0.383 e. The Hall–Kier alpha value is -0.860. The van der Waals surface area contributed by atoms with Gasteiger partial charge in [-0.25, -0.2) is 0 Å². The Morgan fingerprint density at radius 1 is 1.32 bits per heavy atom. The van der Waals surface area contributed by atoms with E-state index in [1.165, 1.54) is 37.7 Å². The number of hydrogen-bond donors (Lipinski definition) is 1. The fraction of sp³-hybridized carbons (Fsp3) is 0.647. The van der Waals surface area contributed by atoms with E-state index >= 15 is 0 Å². The van der Waals surface area contributed by atoms with Crippen molar-refractivity contribution in [3.05, 3.63) is 34.9 Å². The van der Waals surface area contributed by atoms with Gasteiger partial charge in [0.1, 0.15) is 5.60 Å². The van der Waals surface area contributed by atoms with Gasteiger partial charge in [0.25, 0.3) is 0 Å². The first-order valence-electron chi connectivity index (χ1n) is 7.46. The highest BCUT2D eigenvalue weighted by Gasteiger charge is 2.35. The molecule has 0 spiro atoms. The number of methoxy groups -OCH3 is 1. The molecule has 2 aliphatic rings. The van der Waals surface area contributed by atoms with Gasteiger partial charge in [-0.05, 0) is 54.7 Å². The van der Waals surface area contributed by atoms with Gasteiger partial charge in [0.2, 0.25) is 0 Å². The molecule has 104 valence electrons. The molecule has 0 heterocycles. The van der Waals surface area contributed by atoms with E-state index in [4.69, 9.17) is 4.74 Å². The lowest BCUT2D eigenvalue weighted by Gasteiger charge is -2.26. The van der Waals surface area contributed by atoms with E-state index in [-0.39, 0.29) is 0 Å². The Morgan fingerprint density at radius 3 is 2.89 bits per heavy atom. The van der Waals surface area contributed by atoms with Crippen LogP contribution in [0.3, 0.4) is 0 Å². The van der Waals surface area contributed by atoms with Crippen molar-refractivity contribution in [2.45, 2.75) is 50.5 Å². The van der Waals surface area contributed by atoms with E-state index < -0.39 is 5.60 Å². The summed E-state index contributed by atoms with van der Waals surface area (Å²) >= 11 is 0. The molecule has 19 heavy (non-hydrogen) atoms. The number of benzene rings is 1. The van der Waals surface area contributed by atoms with Gasteiger partial charge in [0.05, 0.1) is 6.61 Å². The van der Waals surface area contributed by atoms with Crippen molar-refractivity contribution in [1.82, 2.24) is 0 Å². The Morgan fingerprint density at radius 2 is 2.11 bits per heavy atom. The normalized spacial score (nSPS) is 28.6. The van der Waals surface area contributed by atoms with Crippen molar-refractivity contribution >= 4 is 0 Å². The zero-order valence-corrected chi connectivity index (χ0v) is 12.0. The molecule has 0 bridgehead atoms. The minimum atomic E-state index is -0.877. The molecule has 0 radical (unpaired) electrons. The molecule has 2 aliphatic carbocycles. The number of ether oxygens (including phenoxy) is 1. The minimum Gasteiger partial charge on any atom is -0.383 e. The van der Waals surface area contributed by atoms with E-state index in [0.29, 0.717) is 6.61 Å². The van der Waals surface area contributed by atoms with Crippen LogP contribution in [0.15, 0.2) is 18.2 Å². The van der Waals surface area contributed by atoms with Gasteiger partial charge in [-0.15, -0.1) is 0 Å². The van der Waals surface area contributed by atoms with Gasteiger partial charge < -0.3 is 9.84 Å². The first-order valence-corrected chi connectivity index (χ1v) is 7.46. The molecule has 0 saturated heterocycles. The molecule has 1 N–H and O–H groups in total. The topological polar surface area (TPSA) is 29.5 Å². The lowest BCUT2D eigenvalue weighted by atomic mass is 9.80. The van der Waals surface area contributed by atoms with Crippen LogP contribution >= 0.6 is 0 Å². The number of rotatable bonds is 3. The predicted molar refractivity (Wildman–Crippen MR) is 76.3 cm³/mol. The van der Waals surface area contributed by atoms with Gasteiger partial charge in [0.15, 0.2) is 0 Å². The lowest BCUT2D eigenvalue weighted by Crippen LogP contribution is -2.27. The fourth-order valence-corrected chi connectivity index (χ4v) is 3.99. The summed E-state index contributed by atoms with van der Waals surface area (Å²) < 4.78 is 5.12. The second-order valence-electron chi connectivity index (χ2n) is 6.48. The van der Waals surface area contributed by atoms with Crippen LogP contribution in [-0.4, -0.2) is 18.8 Å². The molecular formula is C17H24O2. The number of hydrogen-bond acceptors (Lipinski definition) is 2. The van der Waals surface area contributed by atoms with Crippen LogP contribution in [0.5, 0.6) is 0 Å². The Kier molecular flexibility index (Phi) is 3.40. The number of aliphatic hydroxyl groups is 1. The van der Waals surface area contributed by atoms with Crippen LogP contribution < -0.4 is 0 Å². The average Bonchev–Trinajstić information content (AvgIpc) is 2.76. The monoisotopic (exact) mass is 260 g/mol. The molecule has 0 amide bonds. The highest BCUT2D eigenvalue weighted by atomic mass is 16.5. The Balaban J connectivity index is 1.90. The molecule has 2 heteroatoms. The van der Waals surface area contributed by atoms with Crippen molar-refractivity contribution in [3.8, 4) is 0 Å². The van der Waals surface area contributed by atoms with Crippen LogP contribution in [0.2, 0.25) is 0 Å². The molecule has 1 saturated carbocycles. The maximum Gasteiger partial charge on any atom is 0.110 e. The van der Waals surface area contributed by atoms with E-state index in [1.807, 2.05) is 6.92 Å². The van der Waals surface area contributed by atoms with Crippen LogP contribution in [-0.2, 0) is 16.8 Å². The summed E-state index contributed by atoms with van der Waals surface area (Å²) in [6, 6.07) is 6.56. The lowest BCUT2D eigenvalue weighted by molar-refractivity contribution is -0.0208. The summed E-state index contributed by atoms with van der Waals surface area (Å²) in [4.78, 5) is 0. The number of fused-ring (bicyclic) bond motifs is 3.